The van der Waals surface area contributed by atoms with Crippen molar-refractivity contribution in [3.63, 3.8) is 0 Å². The molecule has 4 nitrogen and oxygen atoms in total. The summed E-state index contributed by atoms with van der Waals surface area (Å²) in [6, 6.07) is 8.30. The molecule has 4 heteroatoms. The second-order valence-corrected chi connectivity index (χ2v) is 5.29. The van der Waals surface area contributed by atoms with Crippen LogP contribution in [0, 0.1) is 12.8 Å². The molecule has 0 bridgehead atoms. The van der Waals surface area contributed by atoms with Gasteiger partial charge in [0.05, 0.1) is 6.04 Å². The van der Waals surface area contributed by atoms with Crippen LogP contribution in [-0.2, 0) is 6.54 Å². The van der Waals surface area contributed by atoms with Gasteiger partial charge in [-0.05, 0) is 19.3 Å². The van der Waals surface area contributed by atoms with Crippen LogP contribution in [0.3, 0.4) is 0 Å². The van der Waals surface area contributed by atoms with Crippen molar-refractivity contribution in [1.29, 1.82) is 0 Å². The largest absolute Gasteiger partial charge is 0.321 e. The van der Waals surface area contributed by atoms with Crippen molar-refractivity contribution in [3.8, 4) is 11.4 Å². The summed E-state index contributed by atoms with van der Waals surface area (Å²) in [4.78, 5) is 4.59. The molecular formula is C14H18N4. The predicted octanol–water partition coefficient (Wildman–Crippen LogP) is 2.29. The van der Waals surface area contributed by atoms with Crippen molar-refractivity contribution < 1.29 is 0 Å². The number of benzene rings is 1. The zero-order valence-electron chi connectivity index (χ0n) is 10.8. The average Bonchev–Trinajstić information content (AvgIpc) is 2.74. The smallest absolute Gasteiger partial charge is 0.181 e. The Morgan fingerprint density at radius 2 is 2.00 bits per heavy atom. The molecule has 1 aliphatic rings. The van der Waals surface area contributed by atoms with E-state index in [9.17, 15) is 0 Å². The molecular weight excluding hydrogens is 224 g/mol. The Morgan fingerprint density at radius 3 is 2.72 bits per heavy atom. The molecule has 0 saturated heterocycles. The molecule has 94 valence electrons. The van der Waals surface area contributed by atoms with Crippen LogP contribution in [0.25, 0.3) is 11.4 Å². The van der Waals surface area contributed by atoms with Crippen LogP contribution in [0.15, 0.2) is 24.3 Å². The second kappa shape index (κ2) is 4.21. The molecule has 3 rings (SSSR count). The van der Waals surface area contributed by atoms with Crippen molar-refractivity contribution in [2.24, 2.45) is 11.7 Å². The lowest BCUT2D eigenvalue weighted by molar-refractivity contribution is 0.325. The fraction of sp³-hybridized carbons (Fsp3) is 0.429. The van der Waals surface area contributed by atoms with E-state index in [1.807, 2.05) is 4.68 Å². The molecule has 1 aliphatic heterocycles. The molecule has 2 N–H and O–H groups in total. The maximum Gasteiger partial charge on any atom is 0.181 e. The summed E-state index contributed by atoms with van der Waals surface area (Å²) in [6.45, 7) is 5.20. The number of hydrogen-bond donors (Lipinski definition) is 1. The van der Waals surface area contributed by atoms with E-state index in [0.29, 0.717) is 5.92 Å². The number of nitrogens with two attached hydrogens (primary N) is 1. The Morgan fingerprint density at radius 1 is 1.28 bits per heavy atom. The summed E-state index contributed by atoms with van der Waals surface area (Å²) in [5.74, 6) is 2.28. The quantitative estimate of drug-likeness (QED) is 0.834. The van der Waals surface area contributed by atoms with Gasteiger partial charge in [0.25, 0.3) is 0 Å². The number of aromatic nitrogens is 3. The van der Waals surface area contributed by atoms with Gasteiger partial charge < -0.3 is 5.73 Å². The van der Waals surface area contributed by atoms with Crippen LogP contribution in [0.2, 0.25) is 0 Å². The summed E-state index contributed by atoms with van der Waals surface area (Å²) in [5.41, 5.74) is 8.43. The van der Waals surface area contributed by atoms with Gasteiger partial charge in [-0.3, -0.25) is 0 Å². The fourth-order valence-corrected chi connectivity index (χ4v) is 2.50. The molecule has 0 radical (unpaired) electrons. The minimum Gasteiger partial charge on any atom is -0.321 e. The molecule has 1 aromatic heterocycles. The number of aryl methyl sites for hydroxylation is 1. The summed E-state index contributed by atoms with van der Waals surface area (Å²) in [7, 11) is 0. The molecule has 0 amide bonds. The lowest BCUT2D eigenvalue weighted by atomic mass is 9.98. The van der Waals surface area contributed by atoms with Gasteiger partial charge in [0.15, 0.2) is 5.82 Å². The highest BCUT2D eigenvalue weighted by Crippen LogP contribution is 2.27. The Hall–Kier alpha value is -1.68. The maximum atomic E-state index is 6.13. The molecule has 0 aliphatic carbocycles. The predicted molar refractivity (Wildman–Crippen MR) is 70.9 cm³/mol. The third kappa shape index (κ3) is 1.93. The first-order chi connectivity index (χ1) is 8.63. The van der Waals surface area contributed by atoms with Crippen molar-refractivity contribution in [3.05, 3.63) is 35.7 Å². The lowest BCUT2D eigenvalue weighted by Crippen LogP contribution is -2.27. The Balaban J connectivity index is 2.00. The summed E-state index contributed by atoms with van der Waals surface area (Å²) >= 11 is 0. The molecule has 2 heterocycles. The van der Waals surface area contributed by atoms with Crippen LogP contribution in [-0.4, -0.2) is 14.8 Å². The first-order valence-electron chi connectivity index (χ1n) is 6.41. The third-order valence-corrected chi connectivity index (χ3v) is 3.48. The van der Waals surface area contributed by atoms with Crippen LogP contribution >= 0.6 is 0 Å². The monoisotopic (exact) mass is 242 g/mol. The van der Waals surface area contributed by atoms with Gasteiger partial charge in [-0.1, -0.05) is 36.8 Å². The van der Waals surface area contributed by atoms with E-state index in [4.69, 9.17) is 5.73 Å². The third-order valence-electron chi connectivity index (χ3n) is 3.48. The van der Waals surface area contributed by atoms with Gasteiger partial charge in [0, 0.05) is 12.1 Å². The zero-order valence-corrected chi connectivity index (χ0v) is 10.8. The van der Waals surface area contributed by atoms with E-state index >= 15 is 0 Å². The highest BCUT2D eigenvalue weighted by atomic mass is 15.4. The van der Waals surface area contributed by atoms with Crippen molar-refractivity contribution in [1.82, 2.24) is 14.8 Å². The van der Waals surface area contributed by atoms with E-state index in [1.54, 1.807) is 0 Å². The van der Waals surface area contributed by atoms with Gasteiger partial charge in [-0.2, -0.15) is 5.10 Å². The zero-order chi connectivity index (χ0) is 12.7. The van der Waals surface area contributed by atoms with Gasteiger partial charge in [0.1, 0.15) is 5.82 Å². The fourth-order valence-electron chi connectivity index (χ4n) is 2.50. The number of rotatable bonds is 1. The lowest BCUT2D eigenvalue weighted by Gasteiger charge is -2.23. The standard InChI is InChI=1S/C14H18N4/c1-9-3-5-11(6-4-9)13-16-14-12(15)7-10(2)8-18(14)17-13/h3-6,10,12H,7-8,15H2,1-2H3. The molecule has 0 fully saturated rings. The SMILES string of the molecule is Cc1ccc(-c2nc3n(n2)CC(C)CC3N)cc1. The minimum atomic E-state index is 0.0143. The normalized spacial score (nSPS) is 22.8. The highest BCUT2D eigenvalue weighted by molar-refractivity contribution is 5.55. The van der Waals surface area contributed by atoms with Gasteiger partial charge in [-0.25, -0.2) is 9.67 Å². The van der Waals surface area contributed by atoms with E-state index in [1.165, 1.54) is 5.56 Å². The number of hydrogen-bond acceptors (Lipinski definition) is 3. The van der Waals surface area contributed by atoms with Crippen LogP contribution in [0.1, 0.15) is 30.8 Å². The van der Waals surface area contributed by atoms with Crippen LogP contribution < -0.4 is 5.73 Å². The summed E-state index contributed by atoms with van der Waals surface area (Å²) in [6.07, 6.45) is 0.992. The van der Waals surface area contributed by atoms with Crippen molar-refractivity contribution >= 4 is 0 Å². The Labute approximate surface area is 107 Å². The summed E-state index contributed by atoms with van der Waals surface area (Å²) < 4.78 is 1.97. The van der Waals surface area contributed by atoms with Crippen molar-refractivity contribution in [2.45, 2.75) is 32.9 Å². The van der Waals surface area contributed by atoms with E-state index < -0.39 is 0 Å². The first-order valence-corrected chi connectivity index (χ1v) is 6.41. The molecule has 1 aromatic carbocycles. The topological polar surface area (TPSA) is 56.7 Å². The van der Waals surface area contributed by atoms with Crippen LogP contribution in [0.4, 0.5) is 0 Å². The van der Waals surface area contributed by atoms with Gasteiger partial charge >= 0.3 is 0 Å². The Bertz CT molecular complexity index is 556. The Kier molecular flexibility index (Phi) is 2.67. The van der Waals surface area contributed by atoms with Gasteiger partial charge in [0.2, 0.25) is 0 Å². The minimum absolute atomic E-state index is 0.0143. The van der Waals surface area contributed by atoms with Crippen molar-refractivity contribution in [2.75, 3.05) is 0 Å². The van der Waals surface area contributed by atoms with E-state index in [0.717, 1.165) is 30.2 Å². The van der Waals surface area contributed by atoms with Gasteiger partial charge in [-0.15, -0.1) is 0 Å². The number of nitrogens with zero attached hydrogens (tertiary/aromatic N) is 3. The molecule has 2 atom stereocenters. The average molecular weight is 242 g/mol. The van der Waals surface area contributed by atoms with E-state index in [-0.39, 0.29) is 6.04 Å². The second-order valence-electron chi connectivity index (χ2n) is 5.29. The highest BCUT2D eigenvalue weighted by Gasteiger charge is 2.25. The first kappa shape index (κ1) is 11.4. The van der Waals surface area contributed by atoms with E-state index in [2.05, 4.69) is 48.2 Å². The molecule has 0 saturated carbocycles. The molecule has 18 heavy (non-hydrogen) atoms. The maximum absolute atomic E-state index is 6.13. The van der Waals surface area contributed by atoms with Crippen LogP contribution in [0.5, 0.6) is 0 Å². The number of fused-ring (bicyclic) bond motifs is 1. The molecule has 2 unspecified atom stereocenters. The summed E-state index contributed by atoms with van der Waals surface area (Å²) in [5, 5.41) is 4.58. The molecule has 0 spiro atoms. The molecule has 2 aromatic rings.